The van der Waals surface area contributed by atoms with Crippen LogP contribution in [-0.4, -0.2) is 42.5 Å². The van der Waals surface area contributed by atoms with E-state index < -0.39 is 0 Å². The number of phenolic OH excluding ortho intramolecular Hbond substituents is 1. The second-order valence-corrected chi connectivity index (χ2v) is 6.45. The third kappa shape index (κ3) is 3.40. The van der Waals surface area contributed by atoms with Gasteiger partial charge in [0.25, 0.3) is 0 Å². The molecule has 0 saturated heterocycles. The highest BCUT2D eigenvalue weighted by Gasteiger charge is 2.29. The molecule has 0 unspecified atom stereocenters. The van der Waals surface area contributed by atoms with E-state index in [1.807, 2.05) is 24.3 Å². The zero-order valence-electron chi connectivity index (χ0n) is 14.3. The first-order valence-electron chi connectivity index (χ1n) is 8.15. The number of benzene rings is 2. The summed E-state index contributed by atoms with van der Waals surface area (Å²) in [6.45, 7) is 1.33. The number of aromatic hydroxyl groups is 1. The smallest absolute Gasteiger partial charge is 0.160 e. The monoisotopic (exact) mass is 363 g/mol. The molecule has 0 aromatic heterocycles. The quantitative estimate of drug-likeness (QED) is 0.854. The van der Waals surface area contributed by atoms with Gasteiger partial charge in [-0.2, -0.15) is 0 Å². The van der Waals surface area contributed by atoms with Crippen LogP contribution in [0, 0.1) is 0 Å². The zero-order valence-corrected chi connectivity index (χ0v) is 15.1. The normalized spacial score (nSPS) is 17.2. The fourth-order valence-corrected chi connectivity index (χ4v) is 3.65. The summed E-state index contributed by atoms with van der Waals surface area (Å²) in [6.07, 6.45) is 0.810. The van der Waals surface area contributed by atoms with Gasteiger partial charge in [-0.1, -0.05) is 23.7 Å². The molecule has 0 amide bonds. The Balaban J connectivity index is 1.91. The number of rotatable bonds is 5. The van der Waals surface area contributed by atoms with Gasteiger partial charge in [-0.05, 0) is 41.3 Å². The molecule has 0 radical (unpaired) electrons. The summed E-state index contributed by atoms with van der Waals surface area (Å²) in [5.74, 6) is 1.18. The number of methoxy groups -OCH3 is 2. The van der Waals surface area contributed by atoms with Crippen LogP contribution in [0.2, 0.25) is 5.02 Å². The fourth-order valence-electron chi connectivity index (χ4n) is 3.39. The minimum Gasteiger partial charge on any atom is -0.504 e. The van der Waals surface area contributed by atoms with Crippen LogP contribution in [0.4, 0.5) is 0 Å². The van der Waals surface area contributed by atoms with Gasteiger partial charge in [0.15, 0.2) is 11.5 Å². The summed E-state index contributed by atoms with van der Waals surface area (Å²) >= 11 is 6.41. The van der Waals surface area contributed by atoms with Crippen molar-refractivity contribution in [2.75, 3.05) is 27.4 Å². The molecule has 1 atom stereocenters. The number of ether oxygens (including phenoxy) is 2. The first-order chi connectivity index (χ1) is 12.1. The maximum Gasteiger partial charge on any atom is 0.160 e. The molecule has 0 saturated carbocycles. The summed E-state index contributed by atoms with van der Waals surface area (Å²) < 4.78 is 10.5. The van der Waals surface area contributed by atoms with Gasteiger partial charge < -0.3 is 19.7 Å². The van der Waals surface area contributed by atoms with Crippen LogP contribution in [-0.2, 0) is 13.0 Å². The average Bonchev–Trinajstić information content (AvgIpc) is 2.62. The number of hydrogen-bond donors (Lipinski definition) is 2. The molecule has 3 rings (SSSR count). The predicted molar refractivity (Wildman–Crippen MR) is 96.6 cm³/mol. The van der Waals surface area contributed by atoms with Crippen molar-refractivity contribution in [3.63, 3.8) is 0 Å². The van der Waals surface area contributed by atoms with Crippen molar-refractivity contribution >= 4 is 11.6 Å². The number of fused-ring (bicyclic) bond motifs is 1. The molecule has 0 aliphatic carbocycles. The number of phenols is 1. The van der Waals surface area contributed by atoms with Crippen molar-refractivity contribution < 1.29 is 19.7 Å². The molecule has 1 aliphatic rings. The Morgan fingerprint density at radius 1 is 1.20 bits per heavy atom. The van der Waals surface area contributed by atoms with E-state index in [0.29, 0.717) is 23.1 Å². The van der Waals surface area contributed by atoms with Crippen LogP contribution >= 0.6 is 11.6 Å². The Kier molecular flexibility index (Phi) is 5.37. The first-order valence-corrected chi connectivity index (χ1v) is 8.52. The van der Waals surface area contributed by atoms with Crippen molar-refractivity contribution in [1.29, 1.82) is 0 Å². The topological polar surface area (TPSA) is 62.2 Å². The van der Waals surface area contributed by atoms with Crippen molar-refractivity contribution in [3.05, 3.63) is 52.0 Å². The molecule has 0 spiro atoms. The highest BCUT2D eigenvalue weighted by atomic mass is 35.5. The number of halogens is 1. The fraction of sp³-hybridized carbons (Fsp3) is 0.368. The largest absolute Gasteiger partial charge is 0.504 e. The van der Waals surface area contributed by atoms with E-state index in [9.17, 15) is 10.2 Å². The van der Waals surface area contributed by atoms with E-state index in [0.717, 1.165) is 29.7 Å². The molecule has 6 heteroatoms. The second-order valence-electron chi connectivity index (χ2n) is 6.08. The lowest BCUT2D eigenvalue weighted by Gasteiger charge is -2.36. The number of hydrogen-bond acceptors (Lipinski definition) is 5. The van der Waals surface area contributed by atoms with E-state index in [1.165, 1.54) is 7.11 Å². The maximum atomic E-state index is 10.1. The lowest BCUT2D eigenvalue weighted by atomic mass is 9.91. The number of nitrogens with zero attached hydrogens (tertiary/aromatic N) is 1. The van der Waals surface area contributed by atoms with E-state index in [2.05, 4.69) is 4.90 Å². The number of aliphatic hydroxyl groups is 1. The molecule has 1 aliphatic heterocycles. The minimum absolute atomic E-state index is 0.0413. The highest BCUT2D eigenvalue weighted by molar-refractivity contribution is 6.32. The molecule has 134 valence electrons. The molecule has 0 fully saturated rings. The van der Waals surface area contributed by atoms with Crippen molar-refractivity contribution in [3.8, 4) is 17.2 Å². The molecule has 2 N–H and O–H groups in total. The lowest BCUT2D eigenvalue weighted by molar-refractivity contribution is 0.108. The summed E-state index contributed by atoms with van der Waals surface area (Å²) in [5.41, 5.74) is 2.95. The van der Waals surface area contributed by atoms with Crippen molar-refractivity contribution in [1.82, 2.24) is 4.90 Å². The summed E-state index contributed by atoms with van der Waals surface area (Å²) in [7, 11) is 3.12. The standard InChI is InChI=1S/C19H22ClNO4/c1-24-17-5-3-4-13(19(17)20)10-21-7-6-12-8-18(25-2)16(23)9-14(12)15(21)11-22/h3-5,8-9,15,22-23H,6-7,10-11H2,1-2H3/t15-/m0/s1. The summed E-state index contributed by atoms with van der Waals surface area (Å²) in [4.78, 5) is 2.16. The van der Waals surface area contributed by atoms with E-state index in [-0.39, 0.29) is 18.4 Å². The van der Waals surface area contributed by atoms with Gasteiger partial charge in [-0.3, -0.25) is 4.90 Å². The number of aliphatic hydroxyl groups excluding tert-OH is 1. The minimum atomic E-state index is -0.206. The molecular formula is C19H22ClNO4. The first kappa shape index (κ1) is 17.9. The third-order valence-corrected chi connectivity index (χ3v) is 5.15. The molecule has 25 heavy (non-hydrogen) atoms. The van der Waals surface area contributed by atoms with E-state index in [1.54, 1.807) is 13.2 Å². The van der Waals surface area contributed by atoms with Crippen molar-refractivity contribution in [2.45, 2.75) is 19.0 Å². The van der Waals surface area contributed by atoms with Gasteiger partial charge >= 0.3 is 0 Å². The van der Waals surface area contributed by atoms with Crippen LogP contribution in [0.3, 0.4) is 0 Å². The van der Waals surface area contributed by atoms with Crippen LogP contribution in [0.25, 0.3) is 0 Å². The van der Waals surface area contributed by atoms with E-state index >= 15 is 0 Å². The van der Waals surface area contributed by atoms with Crippen LogP contribution in [0.1, 0.15) is 22.7 Å². The van der Waals surface area contributed by atoms with Gasteiger partial charge in [0.1, 0.15) is 5.75 Å². The highest BCUT2D eigenvalue weighted by Crippen LogP contribution is 2.38. The van der Waals surface area contributed by atoms with E-state index in [4.69, 9.17) is 21.1 Å². The van der Waals surface area contributed by atoms with Crippen LogP contribution in [0.5, 0.6) is 17.2 Å². The molecule has 5 nitrogen and oxygen atoms in total. The molecule has 0 bridgehead atoms. The average molecular weight is 364 g/mol. The molecular weight excluding hydrogens is 342 g/mol. The summed E-state index contributed by atoms with van der Waals surface area (Å²) in [5, 5.41) is 20.7. The lowest BCUT2D eigenvalue weighted by Crippen LogP contribution is -2.37. The SMILES string of the molecule is COc1cc2c(cc1O)[C@H](CO)N(Cc1cccc(OC)c1Cl)CC2. The van der Waals surface area contributed by atoms with Gasteiger partial charge in [0, 0.05) is 13.1 Å². The van der Waals surface area contributed by atoms with Crippen LogP contribution < -0.4 is 9.47 Å². The van der Waals surface area contributed by atoms with Gasteiger partial charge in [-0.25, -0.2) is 0 Å². The Morgan fingerprint density at radius 3 is 2.64 bits per heavy atom. The predicted octanol–water partition coefficient (Wildman–Crippen LogP) is 3.15. The van der Waals surface area contributed by atoms with Crippen LogP contribution in [0.15, 0.2) is 30.3 Å². The van der Waals surface area contributed by atoms with Gasteiger partial charge in [0.05, 0.1) is 31.9 Å². The second kappa shape index (κ2) is 7.52. The Labute approximate surface area is 152 Å². The Morgan fingerprint density at radius 2 is 1.96 bits per heavy atom. The zero-order chi connectivity index (χ0) is 18.0. The summed E-state index contributed by atoms with van der Waals surface area (Å²) in [6, 6.07) is 9.02. The van der Waals surface area contributed by atoms with Gasteiger partial charge in [-0.15, -0.1) is 0 Å². The Bertz CT molecular complexity index is 765. The maximum absolute atomic E-state index is 10.1. The third-order valence-electron chi connectivity index (χ3n) is 4.72. The molecule has 2 aromatic rings. The molecule has 2 aromatic carbocycles. The molecule has 1 heterocycles. The van der Waals surface area contributed by atoms with Crippen molar-refractivity contribution in [2.24, 2.45) is 0 Å². The Hall–Kier alpha value is -1.95. The van der Waals surface area contributed by atoms with Gasteiger partial charge in [0.2, 0.25) is 0 Å².